The van der Waals surface area contributed by atoms with Crippen LogP contribution < -0.4 is 5.73 Å². The van der Waals surface area contributed by atoms with E-state index in [9.17, 15) is 0 Å². The van der Waals surface area contributed by atoms with Crippen LogP contribution in [0.15, 0.2) is 23.6 Å². The van der Waals surface area contributed by atoms with Crippen LogP contribution >= 0.6 is 11.8 Å². The Hall–Kier alpha value is -2.29. The highest BCUT2D eigenvalue weighted by atomic mass is 32.2. The summed E-state index contributed by atoms with van der Waals surface area (Å²) in [6.07, 6.45) is 5.11. The van der Waals surface area contributed by atoms with Gasteiger partial charge in [0.15, 0.2) is 11.0 Å². The predicted octanol–water partition coefficient (Wildman–Crippen LogP) is 0.280. The Bertz CT molecular complexity index is 694. The Labute approximate surface area is 106 Å². The molecule has 3 rings (SSSR count). The number of nitrogen functional groups attached to an aromatic ring is 1. The lowest BCUT2D eigenvalue weighted by Gasteiger charge is -1.97. The maximum atomic E-state index is 5.78. The van der Waals surface area contributed by atoms with Crippen molar-refractivity contribution in [3.63, 3.8) is 0 Å². The Kier molecular flexibility index (Phi) is 2.52. The van der Waals surface area contributed by atoms with Crippen LogP contribution in [0.25, 0.3) is 17.4 Å². The molecule has 0 aromatic carbocycles. The van der Waals surface area contributed by atoms with Crippen molar-refractivity contribution in [1.29, 1.82) is 0 Å². The molecule has 90 valence electrons. The SMILES string of the molecule is CSc1nc(N)n2nc(-c3ncccn3)nc2n1. The number of thioether (sulfide) groups is 1. The minimum atomic E-state index is 0.235. The lowest BCUT2D eigenvalue weighted by molar-refractivity contribution is 0.849. The quantitative estimate of drug-likeness (QED) is 0.654. The third-order valence-electron chi connectivity index (χ3n) is 2.16. The van der Waals surface area contributed by atoms with Gasteiger partial charge in [-0.2, -0.15) is 19.5 Å². The number of hydrogen-bond acceptors (Lipinski definition) is 8. The smallest absolute Gasteiger partial charge is 0.258 e. The highest BCUT2D eigenvalue weighted by Gasteiger charge is 2.13. The number of fused-ring (bicyclic) bond motifs is 1. The summed E-state index contributed by atoms with van der Waals surface area (Å²) in [6, 6.07) is 1.72. The molecule has 0 amide bonds. The summed E-state index contributed by atoms with van der Waals surface area (Å²) >= 11 is 1.39. The van der Waals surface area contributed by atoms with Crippen LogP contribution in [0.3, 0.4) is 0 Å². The molecule has 0 saturated heterocycles. The van der Waals surface area contributed by atoms with Gasteiger partial charge >= 0.3 is 0 Å². The van der Waals surface area contributed by atoms with E-state index in [2.05, 4.69) is 30.0 Å². The van der Waals surface area contributed by atoms with Crippen LogP contribution in [-0.2, 0) is 0 Å². The first kappa shape index (κ1) is 10.8. The first-order chi connectivity index (χ1) is 8.78. The van der Waals surface area contributed by atoms with Gasteiger partial charge in [0.1, 0.15) is 0 Å². The number of nitrogens with two attached hydrogens (primary N) is 1. The normalized spacial score (nSPS) is 10.9. The first-order valence-electron chi connectivity index (χ1n) is 4.99. The maximum Gasteiger partial charge on any atom is 0.258 e. The summed E-state index contributed by atoms with van der Waals surface area (Å²) in [5.41, 5.74) is 5.78. The summed E-state index contributed by atoms with van der Waals surface area (Å²) < 4.78 is 1.37. The number of rotatable bonds is 2. The number of aromatic nitrogens is 7. The summed E-state index contributed by atoms with van der Waals surface area (Å²) in [5, 5.41) is 4.73. The molecule has 3 aromatic heterocycles. The second kappa shape index (κ2) is 4.18. The van der Waals surface area contributed by atoms with Gasteiger partial charge in [0.2, 0.25) is 11.8 Å². The molecule has 0 saturated carbocycles. The molecular formula is C9H8N8S. The summed E-state index contributed by atoms with van der Waals surface area (Å²) in [7, 11) is 0. The van der Waals surface area contributed by atoms with Crippen LogP contribution in [-0.4, -0.2) is 40.8 Å². The van der Waals surface area contributed by atoms with Crippen molar-refractivity contribution in [2.24, 2.45) is 0 Å². The molecule has 2 N–H and O–H groups in total. The molecule has 0 aliphatic rings. The molecule has 0 bridgehead atoms. The van der Waals surface area contributed by atoms with Crippen LogP contribution in [0, 0.1) is 0 Å². The van der Waals surface area contributed by atoms with Gasteiger partial charge in [-0.3, -0.25) is 0 Å². The average Bonchev–Trinajstić information content (AvgIpc) is 2.84. The second-order valence-electron chi connectivity index (χ2n) is 3.29. The molecule has 8 nitrogen and oxygen atoms in total. The van der Waals surface area contributed by atoms with Gasteiger partial charge in [-0.15, -0.1) is 5.10 Å². The standard InChI is InChI=1S/C9H8N8S/c1-18-9-14-7(10)17-8(15-9)13-6(16-17)5-11-3-2-4-12-5/h2-4H,1H3,(H2,10,13,14,15,16). The highest BCUT2D eigenvalue weighted by molar-refractivity contribution is 7.98. The van der Waals surface area contributed by atoms with E-state index >= 15 is 0 Å². The van der Waals surface area contributed by atoms with E-state index in [1.54, 1.807) is 18.5 Å². The second-order valence-corrected chi connectivity index (χ2v) is 4.06. The number of anilines is 1. The van der Waals surface area contributed by atoms with Gasteiger partial charge in [0.05, 0.1) is 0 Å². The third-order valence-corrected chi connectivity index (χ3v) is 2.71. The topological polar surface area (TPSA) is 108 Å². The van der Waals surface area contributed by atoms with Gasteiger partial charge in [-0.25, -0.2) is 9.97 Å². The molecule has 3 heterocycles. The van der Waals surface area contributed by atoms with Crippen molar-refractivity contribution in [3.05, 3.63) is 18.5 Å². The molecule has 0 unspecified atom stereocenters. The van der Waals surface area contributed by atoms with Crippen molar-refractivity contribution in [1.82, 2.24) is 34.5 Å². The molecule has 18 heavy (non-hydrogen) atoms. The molecule has 0 spiro atoms. The lowest BCUT2D eigenvalue weighted by Crippen LogP contribution is -2.04. The van der Waals surface area contributed by atoms with Crippen molar-refractivity contribution in [2.75, 3.05) is 12.0 Å². The van der Waals surface area contributed by atoms with E-state index in [0.29, 0.717) is 22.6 Å². The minimum Gasteiger partial charge on any atom is -0.368 e. The molecule has 0 atom stereocenters. The summed E-state index contributed by atoms with van der Waals surface area (Å²) in [6.45, 7) is 0. The maximum absolute atomic E-state index is 5.78. The molecular weight excluding hydrogens is 252 g/mol. The largest absolute Gasteiger partial charge is 0.368 e. The highest BCUT2D eigenvalue weighted by Crippen LogP contribution is 2.15. The van der Waals surface area contributed by atoms with Gasteiger partial charge in [-0.05, 0) is 12.3 Å². The molecule has 9 heteroatoms. The average molecular weight is 260 g/mol. The monoisotopic (exact) mass is 260 g/mol. The fourth-order valence-corrected chi connectivity index (χ4v) is 1.74. The fraction of sp³-hybridized carbons (Fsp3) is 0.111. The van der Waals surface area contributed by atoms with E-state index in [-0.39, 0.29) is 5.95 Å². The van der Waals surface area contributed by atoms with Crippen LogP contribution in [0.2, 0.25) is 0 Å². The zero-order valence-corrected chi connectivity index (χ0v) is 10.2. The molecule has 3 aromatic rings. The Morgan fingerprint density at radius 2 is 1.89 bits per heavy atom. The van der Waals surface area contributed by atoms with Gasteiger partial charge in [0, 0.05) is 12.4 Å². The predicted molar refractivity (Wildman–Crippen MR) is 65.8 cm³/mol. The third kappa shape index (κ3) is 1.74. The number of hydrogen-bond donors (Lipinski definition) is 1. The number of nitrogens with zero attached hydrogens (tertiary/aromatic N) is 7. The molecule has 0 aliphatic heterocycles. The summed E-state index contributed by atoms with van der Waals surface area (Å²) in [4.78, 5) is 20.7. The van der Waals surface area contributed by atoms with E-state index in [0.717, 1.165) is 0 Å². The van der Waals surface area contributed by atoms with E-state index < -0.39 is 0 Å². The fourth-order valence-electron chi connectivity index (χ4n) is 1.39. The van der Waals surface area contributed by atoms with Crippen molar-refractivity contribution >= 4 is 23.5 Å². The van der Waals surface area contributed by atoms with Crippen molar-refractivity contribution in [3.8, 4) is 11.6 Å². The minimum absolute atomic E-state index is 0.235. The van der Waals surface area contributed by atoms with Crippen LogP contribution in [0.4, 0.5) is 5.95 Å². The van der Waals surface area contributed by atoms with Gasteiger partial charge in [0.25, 0.3) is 5.78 Å². The zero-order chi connectivity index (χ0) is 12.5. The molecule has 0 aliphatic carbocycles. The van der Waals surface area contributed by atoms with Crippen molar-refractivity contribution < 1.29 is 0 Å². The van der Waals surface area contributed by atoms with E-state index in [1.807, 2.05) is 6.26 Å². The van der Waals surface area contributed by atoms with Gasteiger partial charge < -0.3 is 5.73 Å². The molecule has 0 radical (unpaired) electrons. The Morgan fingerprint density at radius 1 is 1.11 bits per heavy atom. The summed E-state index contributed by atoms with van der Waals surface area (Å²) in [5.74, 6) is 1.41. The van der Waals surface area contributed by atoms with Crippen LogP contribution in [0.5, 0.6) is 0 Å². The Morgan fingerprint density at radius 3 is 2.61 bits per heavy atom. The van der Waals surface area contributed by atoms with Gasteiger partial charge in [-0.1, -0.05) is 11.8 Å². The molecule has 0 fully saturated rings. The zero-order valence-electron chi connectivity index (χ0n) is 9.35. The lowest BCUT2D eigenvalue weighted by atomic mass is 10.5. The Balaban J connectivity index is 2.20. The van der Waals surface area contributed by atoms with E-state index in [4.69, 9.17) is 5.73 Å². The van der Waals surface area contributed by atoms with Crippen molar-refractivity contribution in [2.45, 2.75) is 5.16 Å². The van der Waals surface area contributed by atoms with Crippen LogP contribution in [0.1, 0.15) is 0 Å². The first-order valence-corrected chi connectivity index (χ1v) is 6.22. The van der Waals surface area contributed by atoms with E-state index in [1.165, 1.54) is 16.3 Å².